The fourth-order valence-electron chi connectivity index (χ4n) is 4.31. The van der Waals surface area contributed by atoms with Gasteiger partial charge in [-0.05, 0) is 94.6 Å². The van der Waals surface area contributed by atoms with Gasteiger partial charge in [-0.15, -0.1) is 0 Å². The quantitative estimate of drug-likeness (QED) is 0.478. The van der Waals surface area contributed by atoms with Crippen molar-refractivity contribution in [1.82, 2.24) is 4.98 Å². The highest BCUT2D eigenvalue weighted by molar-refractivity contribution is 6.31. The predicted molar refractivity (Wildman–Crippen MR) is 127 cm³/mol. The molecule has 1 aliphatic heterocycles. The van der Waals surface area contributed by atoms with Gasteiger partial charge in [0.25, 0.3) is 0 Å². The lowest BCUT2D eigenvalue weighted by Gasteiger charge is -2.41. The molecule has 0 amide bonds. The highest BCUT2D eigenvalue weighted by Crippen LogP contribution is 2.42. The average Bonchev–Trinajstić information content (AvgIpc) is 2.68. The number of carbonyl (C=O) groups excluding carboxylic acids is 1. The number of Topliss-reactive ketones (excluding diaryl/α,β-unsaturated/α-hetero) is 1. The Balaban J connectivity index is 1.74. The van der Waals surface area contributed by atoms with Gasteiger partial charge in [-0.1, -0.05) is 11.6 Å². The molecule has 4 rings (SSSR count). The molecule has 0 radical (unpaired) electrons. The van der Waals surface area contributed by atoms with E-state index in [-0.39, 0.29) is 11.5 Å². The third kappa shape index (κ3) is 3.87. The summed E-state index contributed by atoms with van der Waals surface area (Å²) < 4.78 is 11.9. The Hall–Kier alpha value is -2.89. The number of fused-ring (bicyclic) bond motifs is 1. The number of ether oxygens (including phenoxy) is 2. The van der Waals surface area contributed by atoms with Gasteiger partial charge in [-0.3, -0.25) is 4.79 Å². The van der Waals surface area contributed by atoms with Crippen molar-refractivity contribution in [3.05, 3.63) is 69.9 Å². The van der Waals surface area contributed by atoms with Crippen LogP contribution in [0.15, 0.2) is 48.2 Å². The summed E-state index contributed by atoms with van der Waals surface area (Å²) in [7, 11) is 0. The van der Waals surface area contributed by atoms with Crippen LogP contribution in [0, 0.1) is 13.8 Å². The van der Waals surface area contributed by atoms with E-state index in [1.54, 1.807) is 39.8 Å². The van der Waals surface area contributed by atoms with Gasteiger partial charge in [-0.2, -0.15) is 0 Å². The van der Waals surface area contributed by atoms with Crippen LogP contribution in [0.25, 0.3) is 16.5 Å². The van der Waals surface area contributed by atoms with Gasteiger partial charge >= 0.3 is 0 Å². The first-order chi connectivity index (χ1) is 14.9. The minimum atomic E-state index is -1.04. The SMILES string of the molecule is Cc1cc(Oc2ccc3cc(Cl)ccc3n2)cc(C)c1C1=C(O)C(C)(C)OC(C)(C)C1=O. The van der Waals surface area contributed by atoms with Crippen LogP contribution in [-0.2, 0) is 9.53 Å². The van der Waals surface area contributed by atoms with Gasteiger partial charge in [-0.25, -0.2) is 4.98 Å². The molecule has 0 atom stereocenters. The van der Waals surface area contributed by atoms with Gasteiger partial charge in [0, 0.05) is 16.5 Å². The molecule has 5 nitrogen and oxygen atoms in total. The number of halogens is 1. The Kier molecular flexibility index (Phi) is 5.30. The summed E-state index contributed by atoms with van der Waals surface area (Å²) in [4.78, 5) is 17.7. The van der Waals surface area contributed by atoms with Crippen molar-refractivity contribution < 1.29 is 19.4 Å². The average molecular weight is 452 g/mol. The number of hydrogen-bond donors (Lipinski definition) is 1. The van der Waals surface area contributed by atoms with Crippen molar-refractivity contribution in [3.8, 4) is 11.6 Å². The zero-order chi connectivity index (χ0) is 23.4. The second-order valence-electron chi connectivity index (χ2n) is 9.20. The fourth-order valence-corrected chi connectivity index (χ4v) is 4.49. The summed E-state index contributed by atoms with van der Waals surface area (Å²) in [5, 5.41) is 12.5. The van der Waals surface area contributed by atoms with Crippen LogP contribution in [0.4, 0.5) is 0 Å². The number of ketones is 1. The number of aromatic nitrogens is 1. The smallest absolute Gasteiger partial charge is 0.219 e. The number of benzene rings is 2. The van der Waals surface area contributed by atoms with E-state index in [1.807, 2.05) is 44.2 Å². The summed E-state index contributed by atoms with van der Waals surface area (Å²) in [5.74, 6) is 0.751. The molecule has 3 aromatic rings. The predicted octanol–water partition coefficient (Wildman–Crippen LogP) is 6.72. The summed E-state index contributed by atoms with van der Waals surface area (Å²) in [6.07, 6.45) is 0. The summed E-state index contributed by atoms with van der Waals surface area (Å²) >= 11 is 6.05. The molecule has 166 valence electrons. The normalized spacial score (nSPS) is 17.7. The molecule has 1 N–H and O–H groups in total. The highest BCUT2D eigenvalue weighted by Gasteiger charge is 2.47. The third-order valence-corrected chi connectivity index (χ3v) is 5.93. The molecular formula is C26H26ClNO4. The summed E-state index contributed by atoms with van der Waals surface area (Å²) in [6, 6.07) is 12.9. The molecule has 6 heteroatoms. The summed E-state index contributed by atoms with van der Waals surface area (Å²) in [5.41, 5.74) is 1.39. The first-order valence-electron chi connectivity index (χ1n) is 10.4. The zero-order valence-electron chi connectivity index (χ0n) is 19.0. The second-order valence-corrected chi connectivity index (χ2v) is 9.63. The first kappa shape index (κ1) is 22.3. The van der Waals surface area contributed by atoms with Crippen molar-refractivity contribution in [2.45, 2.75) is 52.7 Å². The molecule has 0 saturated heterocycles. The van der Waals surface area contributed by atoms with Crippen LogP contribution in [0.1, 0.15) is 44.4 Å². The van der Waals surface area contributed by atoms with E-state index in [4.69, 9.17) is 21.1 Å². The Morgan fingerprint density at radius 3 is 2.28 bits per heavy atom. The molecule has 32 heavy (non-hydrogen) atoms. The first-order valence-corrected chi connectivity index (χ1v) is 10.8. The molecule has 0 saturated carbocycles. The maximum atomic E-state index is 13.2. The minimum Gasteiger partial charge on any atom is -0.508 e. The molecule has 0 fully saturated rings. The van der Waals surface area contributed by atoms with E-state index >= 15 is 0 Å². The van der Waals surface area contributed by atoms with E-state index in [9.17, 15) is 9.90 Å². The van der Waals surface area contributed by atoms with E-state index in [1.165, 1.54) is 0 Å². The molecule has 0 unspecified atom stereocenters. The maximum absolute atomic E-state index is 13.2. The van der Waals surface area contributed by atoms with Crippen molar-refractivity contribution in [2.75, 3.05) is 0 Å². The van der Waals surface area contributed by atoms with Gasteiger partial charge < -0.3 is 14.6 Å². The van der Waals surface area contributed by atoms with Gasteiger partial charge in [0.15, 0.2) is 5.78 Å². The summed E-state index contributed by atoms with van der Waals surface area (Å²) in [6.45, 7) is 10.8. The Morgan fingerprint density at radius 2 is 1.62 bits per heavy atom. The van der Waals surface area contributed by atoms with Crippen LogP contribution in [0.5, 0.6) is 11.6 Å². The van der Waals surface area contributed by atoms with Crippen molar-refractivity contribution >= 4 is 33.9 Å². The lowest BCUT2D eigenvalue weighted by Crippen LogP contribution is -2.49. The lowest BCUT2D eigenvalue weighted by molar-refractivity contribution is -0.158. The van der Waals surface area contributed by atoms with Gasteiger partial charge in [0.1, 0.15) is 22.7 Å². The highest BCUT2D eigenvalue weighted by atomic mass is 35.5. The van der Waals surface area contributed by atoms with Crippen molar-refractivity contribution in [2.24, 2.45) is 0 Å². The number of nitrogens with zero attached hydrogens (tertiary/aromatic N) is 1. The number of hydrogen-bond acceptors (Lipinski definition) is 5. The number of rotatable bonds is 3. The largest absolute Gasteiger partial charge is 0.508 e. The number of carbonyl (C=O) groups is 1. The zero-order valence-corrected chi connectivity index (χ0v) is 19.8. The van der Waals surface area contributed by atoms with Crippen LogP contribution in [0.3, 0.4) is 0 Å². The fraction of sp³-hybridized carbons (Fsp3) is 0.308. The minimum absolute atomic E-state index is 0.0587. The molecule has 0 aliphatic carbocycles. The van der Waals surface area contributed by atoms with E-state index in [0.29, 0.717) is 27.8 Å². The molecule has 2 heterocycles. The van der Waals surface area contributed by atoms with E-state index in [0.717, 1.165) is 22.0 Å². The van der Waals surface area contributed by atoms with Crippen LogP contribution < -0.4 is 4.74 Å². The van der Waals surface area contributed by atoms with Gasteiger partial charge in [0.2, 0.25) is 5.88 Å². The molecule has 1 aromatic heterocycles. The molecule has 0 bridgehead atoms. The Labute approximate surface area is 192 Å². The number of pyridine rings is 1. The van der Waals surface area contributed by atoms with E-state index < -0.39 is 11.2 Å². The Morgan fingerprint density at radius 1 is 0.969 bits per heavy atom. The van der Waals surface area contributed by atoms with Gasteiger partial charge in [0.05, 0.1) is 11.1 Å². The van der Waals surface area contributed by atoms with Crippen molar-refractivity contribution in [1.29, 1.82) is 0 Å². The molecule has 1 aliphatic rings. The topological polar surface area (TPSA) is 68.7 Å². The van der Waals surface area contributed by atoms with Crippen LogP contribution in [0.2, 0.25) is 5.02 Å². The monoisotopic (exact) mass is 451 g/mol. The number of aryl methyl sites for hydroxylation is 2. The van der Waals surface area contributed by atoms with Crippen LogP contribution in [-0.4, -0.2) is 27.1 Å². The number of aliphatic hydroxyl groups is 1. The number of aliphatic hydroxyl groups excluding tert-OH is 1. The molecule has 0 spiro atoms. The second kappa shape index (κ2) is 7.61. The molecular weight excluding hydrogens is 426 g/mol. The maximum Gasteiger partial charge on any atom is 0.219 e. The molecule has 2 aromatic carbocycles. The third-order valence-electron chi connectivity index (χ3n) is 5.70. The van der Waals surface area contributed by atoms with Crippen molar-refractivity contribution in [3.63, 3.8) is 0 Å². The Bertz CT molecular complexity index is 1270. The standard InChI is InChI=1S/C26H26ClNO4/c1-14-11-18(31-20-10-7-16-13-17(27)8-9-19(16)28-20)12-15(2)21(14)22-23(29)25(3,4)32-26(5,6)24(22)30/h7-13,29H,1-6H3. The lowest BCUT2D eigenvalue weighted by atomic mass is 9.80. The van der Waals surface area contributed by atoms with Crippen LogP contribution >= 0.6 is 11.6 Å². The van der Waals surface area contributed by atoms with E-state index in [2.05, 4.69) is 4.98 Å².